The summed E-state index contributed by atoms with van der Waals surface area (Å²) < 4.78 is 5.60. The van der Waals surface area contributed by atoms with Crippen molar-refractivity contribution in [2.45, 2.75) is 19.4 Å². The van der Waals surface area contributed by atoms with E-state index in [9.17, 15) is 5.26 Å². The van der Waals surface area contributed by atoms with Crippen molar-refractivity contribution in [2.75, 3.05) is 24.6 Å². The third-order valence-electron chi connectivity index (χ3n) is 2.90. The molecule has 0 saturated carbocycles. The number of ether oxygens (including phenoxy) is 1. The van der Waals surface area contributed by atoms with Gasteiger partial charge in [0.05, 0.1) is 22.4 Å². The zero-order valence-electron chi connectivity index (χ0n) is 9.82. The van der Waals surface area contributed by atoms with Crippen LogP contribution in [0.15, 0.2) is 18.2 Å². The van der Waals surface area contributed by atoms with Gasteiger partial charge in [0.25, 0.3) is 0 Å². The van der Waals surface area contributed by atoms with E-state index >= 15 is 0 Å². The van der Waals surface area contributed by atoms with Gasteiger partial charge in [-0.15, -0.1) is 0 Å². The first-order chi connectivity index (χ1) is 8.22. The van der Waals surface area contributed by atoms with Crippen molar-refractivity contribution in [3.05, 3.63) is 28.8 Å². The summed E-state index contributed by atoms with van der Waals surface area (Å²) in [5, 5.41) is 9.69. The molecule has 0 spiro atoms. The van der Waals surface area contributed by atoms with E-state index in [1.807, 2.05) is 12.1 Å². The number of rotatable bonds is 1. The van der Waals surface area contributed by atoms with Gasteiger partial charge in [-0.3, -0.25) is 0 Å². The highest BCUT2D eigenvalue weighted by Gasteiger charge is 2.18. The lowest BCUT2D eigenvalue weighted by molar-refractivity contribution is 0.0821. The summed E-state index contributed by atoms with van der Waals surface area (Å²) in [5.41, 5.74) is 1.47. The van der Waals surface area contributed by atoms with Crippen molar-refractivity contribution in [3.63, 3.8) is 0 Å². The molecule has 1 aromatic rings. The molecule has 1 aliphatic heterocycles. The Balaban J connectivity index is 2.32. The molecule has 1 aromatic carbocycles. The lowest BCUT2D eigenvalue weighted by atomic mass is 10.1. The third-order valence-corrected chi connectivity index (χ3v) is 3.21. The molecule has 0 aliphatic carbocycles. The van der Waals surface area contributed by atoms with E-state index in [1.54, 1.807) is 6.07 Å². The largest absolute Gasteiger partial charge is 0.377 e. The zero-order chi connectivity index (χ0) is 12.3. The Morgan fingerprint density at radius 1 is 1.53 bits per heavy atom. The molecule has 1 atom stereocenters. The first-order valence-electron chi connectivity index (χ1n) is 5.77. The van der Waals surface area contributed by atoms with Crippen molar-refractivity contribution < 1.29 is 4.74 Å². The van der Waals surface area contributed by atoms with Crippen LogP contribution >= 0.6 is 11.6 Å². The summed E-state index contributed by atoms with van der Waals surface area (Å²) in [4.78, 5) is 2.18. The van der Waals surface area contributed by atoms with Crippen LogP contribution in [0.5, 0.6) is 0 Å². The maximum Gasteiger partial charge on any atom is 0.103 e. The highest BCUT2D eigenvalue weighted by molar-refractivity contribution is 6.32. The number of halogens is 1. The second kappa shape index (κ2) is 5.39. The molecule has 3 nitrogen and oxygen atoms in total. The van der Waals surface area contributed by atoms with Gasteiger partial charge in [0.2, 0.25) is 0 Å². The van der Waals surface area contributed by atoms with Gasteiger partial charge in [0.15, 0.2) is 0 Å². The highest BCUT2D eigenvalue weighted by Crippen LogP contribution is 2.27. The van der Waals surface area contributed by atoms with Crippen molar-refractivity contribution in [2.24, 2.45) is 0 Å². The Hall–Kier alpha value is -1.24. The van der Waals surface area contributed by atoms with Crippen molar-refractivity contribution >= 4 is 17.3 Å². The van der Waals surface area contributed by atoms with Gasteiger partial charge >= 0.3 is 0 Å². The molecule has 90 valence electrons. The molecule has 2 rings (SSSR count). The van der Waals surface area contributed by atoms with Crippen LogP contribution in [-0.2, 0) is 4.74 Å². The van der Waals surface area contributed by atoms with E-state index in [-0.39, 0.29) is 6.10 Å². The normalized spacial score (nSPS) is 20.8. The average molecular weight is 251 g/mol. The topological polar surface area (TPSA) is 36.3 Å². The molecule has 0 N–H and O–H groups in total. The Morgan fingerprint density at radius 3 is 3.12 bits per heavy atom. The van der Waals surface area contributed by atoms with Gasteiger partial charge in [0, 0.05) is 19.7 Å². The molecule has 4 heteroatoms. The molecule has 0 unspecified atom stereocenters. The first-order valence-corrected chi connectivity index (χ1v) is 6.15. The fraction of sp³-hybridized carbons (Fsp3) is 0.462. The predicted octanol–water partition coefficient (Wildman–Crippen LogP) is 2.83. The lowest BCUT2D eigenvalue weighted by Crippen LogP contribution is -2.30. The number of nitriles is 1. The second-order valence-corrected chi connectivity index (χ2v) is 4.63. The van der Waals surface area contributed by atoms with Crippen LogP contribution in [0.1, 0.15) is 18.9 Å². The van der Waals surface area contributed by atoms with Crippen LogP contribution in [0, 0.1) is 11.3 Å². The summed E-state index contributed by atoms with van der Waals surface area (Å²) in [7, 11) is 0. The molecule has 17 heavy (non-hydrogen) atoms. The van der Waals surface area contributed by atoms with E-state index in [4.69, 9.17) is 16.3 Å². The minimum absolute atomic E-state index is 0.183. The van der Waals surface area contributed by atoms with Gasteiger partial charge in [-0.1, -0.05) is 17.7 Å². The molecular weight excluding hydrogens is 236 g/mol. The molecular formula is C13H15ClN2O. The number of hydrogen-bond acceptors (Lipinski definition) is 3. The van der Waals surface area contributed by atoms with Crippen LogP contribution in [0.25, 0.3) is 0 Å². The Kier molecular flexibility index (Phi) is 3.88. The number of nitrogens with zero attached hydrogens (tertiary/aromatic N) is 2. The third kappa shape index (κ3) is 2.71. The van der Waals surface area contributed by atoms with Gasteiger partial charge < -0.3 is 9.64 Å². The van der Waals surface area contributed by atoms with Crippen LogP contribution in [0.3, 0.4) is 0 Å². The van der Waals surface area contributed by atoms with Crippen molar-refractivity contribution in [1.82, 2.24) is 0 Å². The van der Waals surface area contributed by atoms with E-state index in [1.165, 1.54) is 0 Å². The summed E-state index contributed by atoms with van der Waals surface area (Å²) in [5.74, 6) is 0. The van der Waals surface area contributed by atoms with E-state index < -0.39 is 0 Å². The fourth-order valence-corrected chi connectivity index (χ4v) is 2.31. The summed E-state index contributed by atoms with van der Waals surface area (Å²) >= 11 is 6.05. The molecule has 0 bridgehead atoms. The summed E-state index contributed by atoms with van der Waals surface area (Å²) in [6.07, 6.45) is 1.16. The smallest absolute Gasteiger partial charge is 0.103 e. The van der Waals surface area contributed by atoms with Crippen LogP contribution in [0.2, 0.25) is 5.02 Å². The molecule has 1 heterocycles. The Bertz CT molecular complexity index is 442. The predicted molar refractivity (Wildman–Crippen MR) is 68.4 cm³/mol. The van der Waals surface area contributed by atoms with E-state index in [0.717, 1.165) is 31.8 Å². The number of hydrogen-bond donors (Lipinski definition) is 0. The van der Waals surface area contributed by atoms with Gasteiger partial charge in [-0.25, -0.2) is 0 Å². The zero-order valence-corrected chi connectivity index (χ0v) is 10.6. The summed E-state index contributed by atoms with van der Waals surface area (Å²) in [6, 6.07) is 7.76. The molecule has 0 aromatic heterocycles. The quantitative estimate of drug-likeness (QED) is 0.769. The monoisotopic (exact) mass is 250 g/mol. The number of anilines is 1. The standard InChI is InChI=1S/C13H15ClN2O/c1-10-9-16(6-3-7-17-10)13-5-2-4-12(14)11(13)8-15/h2,4-5,10H,3,6-7,9H2,1H3/t10-/m1/s1. The Labute approximate surface area is 107 Å². The van der Waals surface area contributed by atoms with Crippen molar-refractivity contribution in [3.8, 4) is 6.07 Å². The first kappa shape index (κ1) is 12.2. The van der Waals surface area contributed by atoms with Crippen LogP contribution < -0.4 is 4.90 Å². The maximum atomic E-state index is 9.17. The van der Waals surface area contributed by atoms with Crippen LogP contribution in [-0.4, -0.2) is 25.8 Å². The average Bonchev–Trinajstić information content (AvgIpc) is 2.53. The van der Waals surface area contributed by atoms with Crippen LogP contribution in [0.4, 0.5) is 5.69 Å². The van der Waals surface area contributed by atoms with E-state index in [2.05, 4.69) is 17.9 Å². The molecule has 1 aliphatic rings. The van der Waals surface area contributed by atoms with E-state index in [0.29, 0.717) is 10.6 Å². The lowest BCUT2D eigenvalue weighted by Gasteiger charge is -2.25. The Morgan fingerprint density at radius 2 is 2.35 bits per heavy atom. The van der Waals surface area contributed by atoms with Crippen molar-refractivity contribution in [1.29, 1.82) is 5.26 Å². The molecule has 1 fully saturated rings. The van der Waals surface area contributed by atoms with Gasteiger partial charge in [0.1, 0.15) is 6.07 Å². The maximum absolute atomic E-state index is 9.17. The molecule has 0 amide bonds. The molecule has 0 radical (unpaired) electrons. The number of benzene rings is 1. The minimum atomic E-state index is 0.183. The highest BCUT2D eigenvalue weighted by atomic mass is 35.5. The SMILES string of the molecule is C[C@@H]1CN(c2cccc(Cl)c2C#N)CCCO1. The van der Waals surface area contributed by atoms with Gasteiger partial charge in [-0.05, 0) is 25.5 Å². The fourth-order valence-electron chi connectivity index (χ4n) is 2.10. The minimum Gasteiger partial charge on any atom is -0.377 e. The molecule has 1 saturated heterocycles. The van der Waals surface area contributed by atoms with Gasteiger partial charge in [-0.2, -0.15) is 5.26 Å². The second-order valence-electron chi connectivity index (χ2n) is 4.23. The summed E-state index contributed by atoms with van der Waals surface area (Å²) in [6.45, 7) is 4.53.